The number of amides is 1. The van der Waals surface area contributed by atoms with Crippen molar-refractivity contribution in [2.75, 3.05) is 11.9 Å². The molecule has 1 unspecified atom stereocenters. The van der Waals surface area contributed by atoms with E-state index >= 15 is 0 Å². The fourth-order valence-electron chi connectivity index (χ4n) is 4.67. The normalized spacial score (nSPS) is 22.2. The SMILES string of the molecule is CC(C)(O)C(F)CNC(=O)c1cnc(-c2ccc3cc(C#N)cnn23)cc1N[C@@H]1C[C@@H]2CC[C@H]1O2. The molecule has 182 valence electrons. The lowest BCUT2D eigenvalue weighted by Gasteiger charge is -2.24. The highest BCUT2D eigenvalue weighted by Gasteiger charge is 2.41. The molecule has 10 heteroatoms. The van der Waals surface area contributed by atoms with Crippen LogP contribution in [0.25, 0.3) is 16.9 Å². The highest BCUT2D eigenvalue weighted by atomic mass is 19.1. The van der Waals surface area contributed by atoms with Crippen molar-refractivity contribution in [1.82, 2.24) is 19.9 Å². The van der Waals surface area contributed by atoms with Gasteiger partial charge in [-0.25, -0.2) is 8.91 Å². The maximum Gasteiger partial charge on any atom is 0.255 e. The van der Waals surface area contributed by atoms with Gasteiger partial charge in [0, 0.05) is 6.20 Å². The first-order chi connectivity index (χ1) is 16.7. The second-order valence-corrected chi connectivity index (χ2v) is 9.72. The lowest BCUT2D eigenvalue weighted by molar-refractivity contribution is -0.00177. The third-order valence-electron chi connectivity index (χ3n) is 6.70. The van der Waals surface area contributed by atoms with Gasteiger partial charge in [-0.1, -0.05) is 0 Å². The molecule has 5 rings (SSSR count). The Kier molecular flexibility index (Phi) is 5.91. The van der Waals surface area contributed by atoms with Gasteiger partial charge in [-0.2, -0.15) is 10.4 Å². The highest BCUT2D eigenvalue weighted by Crippen LogP contribution is 2.37. The largest absolute Gasteiger partial charge is 0.387 e. The molecule has 3 N–H and O–H groups in total. The molecular weight excluding hydrogens is 451 g/mol. The number of nitrogens with one attached hydrogen (secondary N) is 2. The Morgan fingerprint density at radius 1 is 1.37 bits per heavy atom. The number of carbonyl (C=O) groups is 1. The number of aliphatic hydroxyl groups is 1. The number of pyridine rings is 1. The highest BCUT2D eigenvalue weighted by molar-refractivity contribution is 6.00. The van der Waals surface area contributed by atoms with E-state index in [4.69, 9.17) is 10.00 Å². The van der Waals surface area contributed by atoms with Crippen LogP contribution in [0.2, 0.25) is 0 Å². The minimum Gasteiger partial charge on any atom is -0.387 e. The summed E-state index contributed by atoms with van der Waals surface area (Å²) in [6.07, 6.45) is 4.49. The lowest BCUT2D eigenvalue weighted by Crippen LogP contribution is -2.42. The Morgan fingerprint density at radius 3 is 2.89 bits per heavy atom. The van der Waals surface area contributed by atoms with E-state index in [-0.39, 0.29) is 30.4 Å². The van der Waals surface area contributed by atoms with Gasteiger partial charge in [0.2, 0.25) is 0 Å². The maximum atomic E-state index is 14.2. The van der Waals surface area contributed by atoms with Gasteiger partial charge < -0.3 is 20.5 Å². The fraction of sp³-hybridized carbons (Fsp3) is 0.440. The fourth-order valence-corrected chi connectivity index (χ4v) is 4.67. The second-order valence-electron chi connectivity index (χ2n) is 9.72. The van der Waals surface area contributed by atoms with Crippen LogP contribution in [0.5, 0.6) is 0 Å². The van der Waals surface area contributed by atoms with Crippen LogP contribution in [-0.4, -0.2) is 62.2 Å². The van der Waals surface area contributed by atoms with Crippen molar-refractivity contribution in [3.8, 4) is 17.5 Å². The Bertz CT molecular complexity index is 1310. The molecule has 0 saturated carbocycles. The first kappa shape index (κ1) is 23.2. The molecule has 2 aliphatic heterocycles. The van der Waals surface area contributed by atoms with Gasteiger partial charge in [-0.05, 0) is 57.4 Å². The predicted molar refractivity (Wildman–Crippen MR) is 127 cm³/mol. The first-order valence-electron chi connectivity index (χ1n) is 11.7. The molecule has 4 atom stereocenters. The Labute approximate surface area is 201 Å². The lowest BCUT2D eigenvalue weighted by atomic mass is 9.95. The zero-order chi connectivity index (χ0) is 24.7. The number of hydrogen-bond acceptors (Lipinski definition) is 7. The number of ether oxygens (including phenoxy) is 1. The second kappa shape index (κ2) is 8.91. The van der Waals surface area contributed by atoms with Gasteiger partial charge >= 0.3 is 0 Å². The molecular formula is C25H27FN6O3. The minimum absolute atomic E-state index is 0.0567. The van der Waals surface area contributed by atoms with Crippen molar-refractivity contribution in [2.24, 2.45) is 0 Å². The Morgan fingerprint density at radius 2 is 2.20 bits per heavy atom. The molecule has 3 aromatic heterocycles. The van der Waals surface area contributed by atoms with Gasteiger partial charge in [0.1, 0.15) is 12.2 Å². The van der Waals surface area contributed by atoms with Crippen LogP contribution in [0.3, 0.4) is 0 Å². The number of anilines is 1. The zero-order valence-corrected chi connectivity index (χ0v) is 19.5. The number of nitrogens with zero attached hydrogens (tertiary/aromatic N) is 4. The smallest absolute Gasteiger partial charge is 0.255 e. The number of carbonyl (C=O) groups excluding carboxylic acids is 1. The van der Waals surface area contributed by atoms with Crippen LogP contribution < -0.4 is 10.6 Å². The number of nitriles is 1. The van der Waals surface area contributed by atoms with E-state index in [2.05, 4.69) is 26.8 Å². The van der Waals surface area contributed by atoms with Crippen molar-refractivity contribution in [3.05, 3.63) is 47.8 Å². The summed E-state index contributed by atoms with van der Waals surface area (Å²) in [4.78, 5) is 17.5. The van der Waals surface area contributed by atoms with Crippen LogP contribution in [-0.2, 0) is 4.74 Å². The van der Waals surface area contributed by atoms with E-state index in [1.807, 2.05) is 12.1 Å². The van der Waals surface area contributed by atoms with E-state index in [9.17, 15) is 14.3 Å². The molecule has 0 spiro atoms. The first-order valence-corrected chi connectivity index (χ1v) is 11.7. The molecule has 3 aromatic rings. The van der Waals surface area contributed by atoms with Crippen LogP contribution in [0.4, 0.5) is 10.1 Å². The Hall–Kier alpha value is -3.55. The molecule has 0 aliphatic carbocycles. The number of alkyl halides is 1. The summed E-state index contributed by atoms with van der Waals surface area (Å²) in [7, 11) is 0. The quantitative estimate of drug-likeness (QED) is 0.477. The number of fused-ring (bicyclic) bond motifs is 3. The zero-order valence-electron chi connectivity index (χ0n) is 19.5. The van der Waals surface area contributed by atoms with Crippen molar-refractivity contribution >= 4 is 17.1 Å². The van der Waals surface area contributed by atoms with Crippen molar-refractivity contribution in [2.45, 2.75) is 63.1 Å². The average Bonchev–Trinajstić information content (AvgIpc) is 3.57. The maximum absolute atomic E-state index is 14.2. The van der Waals surface area contributed by atoms with Crippen LogP contribution in [0.1, 0.15) is 49.0 Å². The summed E-state index contributed by atoms with van der Waals surface area (Å²) in [5.74, 6) is -0.487. The average molecular weight is 479 g/mol. The molecule has 0 radical (unpaired) electrons. The minimum atomic E-state index is -1.62. The molecule has 2 aliphatic rings. The standard InChI is InChI=1S/C25H27FN6O3/c1-25(2,34)23(26)13-29-24(33)17-12-28-19(9-18(17)31-20-8-16-4-6-22(20)35-16)21-5-3-15-7-14(10-27)11-30-32(15)21/h3,5,7,9,11-12,16,20,22-23,34H,4,6,8,13H2,1-2H3,(H,28,31)(H,29,33)/t16-,20+,22+,23?/m0/s1. The predicted octanol–water partition coefficient (Wildman–Crippen LogP) is 2.84. The molecule has 2 bridgehead atoms. The molecule has 35 heavy (non-hydrogen) atoms. The third-order valence-corrected chi connectivity index (χ3v) is 6.70. The monoisotopic (exact) mass is 478 g/mol. The summed E-state index contributed by atoms with van der Waals surface area (Å²) in [6, 6.07) is 9.36. The summed E-state index contributed by atoms with van der Waals surface area (Å²) in [6.45, 7) is 2.39. The molecule has 0 aromatic carbocycles. The number of hydrogen-bond donors (Lipinski definition) is 3. The Balaban J connectivity index is 1.46. The molecule has 2 saturated heterocycles. The van der Waals surface area contributed by atoms with Crippen molar-refractivity contribution < 1.29 is 19.0 Å². The molecule has 2 fully saturated rings. The van der Waals surface area contributed by atoms with Crippen LogP contribution >= 0.6 is 0 Å². The summed E-state index contributed by atoms with van der Waals surface area (Å²) in [5.41, 5.74) is 1.78. The summed E-state index contributed by atoms with van der Waals surface area (Å²) < 4.78 is 21.9. The molecule has 5 heterocycles. The van der Waals surface area contributed by atoms with E-state index in [0.717, 1.165) is 24.8 Å². The molecule has 9 nitrogen and oxygen atoms in total. The van der Waals surface area contributed by atoms with Gasteiger partial charge in [0.15, 0.2) is 0 Å². The van der Waals surface area contributed by atoms with Crippen molar-refractivity contribution in [1.29, 1.82) is 5.26 Å². The summed E-state index contributed by atoms with van der Waals surface area (Å²) >= 11 is 0. The molecule has 1 amide bonds. The van der Waals surface area contributed by atoms with E-state index in [1.54, 1.807) is 16.6 Å². The van der Waals surface area contributed by atoms with Crippen molar-refractivity contribution in [3.63, 3.8) is 0 Å². The van der Waals surface area contributed by atoms with E-state index in [0.29, 0.717) is 22.6 Å². The number of aromatic nitrogens is 3. The van der Waals surface area contributed by atoms with Gasteiger partial charge in [-0.15, -0.1) is 0 Å². The van der Waals surface area contributed by atoms with Crippen LogP contribution in [0, 0.1) is 11.3 Å². The topological polar surface area (TPSA) is 125 Å². The van der Waals surface area contributed by atoms with Gasteiger partial charge in [-0.3, -0.25) is 9.78 Å². The van der Waals surface area contributed by atoms with Crippen LogP contribution in [0.15, 0.2) is 36.7 Å². The number of rotatable bonds is 7. The summed E-state index contributed by atoms with van der Waals surface area (Å²) in [5, 5.41) is 29.4. The van der Waals surface area contributed by atoms with E-state index in [1.165, 1.54) is 26.2 Å². The van der Waals surface area contributed by atoms with E-state index < -0.39 is 17.7 Å². The van der Waals surface area contributed by atoms with Gasteiger partial charge in [0.25, 0.3) is 5.91 Å². The third kappa shape index (κ3) is 4.57. The van der Waals surface area contributed by atoms with Gasteiger partial charge in [0.05, 0.1) is 70.3 Å². The number of halogens is 1.